The van der Waals surface area contributed by atoms with Gasteiger partial charge in [0.25, 0.3) is 0 Å². The van der Waals surface area contributed by atoms with Gasteiger partial charge in [0.15, 0.2) is 23.3 Å². The summed E-state index contributed by atoms with van der Waals surface area (Å²) < 4.78 is 59.8. The highest BCUT2D eigenvalue weighted by atomic mass is 19.2. The van der Waals surface area contributed by atoms with E-state index in [1.54, 1.807) is 6.92 Å². The Morgan fingerprint density at radius 3 is 2.41 bits per heavy atom. The number of carbonyl (C=O) groups is 1. The average molecular weight is 450 g/mol. The number of carbonyl (C=O) groups excluding carboxylic acids is 1. The van der Waals surface area contributed by atoms with E-state index in [1.807, 2.05) is 18.2 Å². The van der Waals surface area contributed by atoms with Crippen LogP contribution in [-0.2, 0) is 11.2 Å². The van der Waals surface area contributed by atoms with Gasteiger partial charge in [0.2, 0.25) is 0 Å². The van der Waals surface area contributed by atoms with Gasteiger partial charge in [0.05, 0.1) is 5.56 Å². The van der Waals surface area contributed by atoms with E-state index in [4.69, 9.17) is 4.74 Å². The van der Waals surface area contributed by atoms with E-state index in [0.717, 1.165) is 37.1 Å². The topological polar surface area (TPSA) is 45.3 Å². The Balaban J connectivity index is 1.87. The number of halogens is 4. The molecule has 0 radical (unpaired) electrons. The molecule has 1 aromatic heterocycles. The summed E-state index contributed by atoms with van der Waals surface area (Å²) in [4.78, 5) is 18.3. The van der Waals surface area contributed by atoms with Crippen LogP contribution in [-0.4, -0.2) is 35.5 Å². The molecule has 1 N–H and O–H groups in total. The standard InChI is InChI=1S/C24H26F4N2O2/c1-5-30(6-2)10-9-15-7-8-19-17(11-15)20(13(3)29-19)24(31)32-14(4)16-12-18(25)22(27)23(28)21(16)26/h7-8,11-12,14,29H,5-6,9-10H2,1-4H3. The molecule has 0 aliphatic heterocycles. The van der Waals surface area contributed by atoms with Gasteiger partial charge in [0, 0.05) is 28.7 Å². The highest BCUT2D eigenvalue weighted by Gasteiger charge is 2.26. The fraction of sp³-hybridized carbons (Fsp3) is 0.375. The second-order valence-electron chi connectivity index (χ2n) is 7.72. The zero-order valence-electron chi connectivity index (χ0n) is 18.5. The first-order valence-corrected chi connectivity index (χ1v) is 10.5. The Bertz CT molecular complexity index is 1140. The molecule has 172 valence electrons. The van der Waals surface area contributed by atoms with Crippen LogP contribution in [0.3, 0.4) is 0 Å². The van der Waals surface area contributed by atoms with E-state index in [9.17, 15) is 22.4 Å². The third kappa shape index (κ3) is 4.65. The Hall–Kier alpha value is -2.87. The molecule has 0 saturated carbocycles. The number of nitrogens with zero attached hydrogens (tertiary/aromatic N) is 1. The molecular formula is C24H26F4N2O2. The quantitative estimate of drug-likeness (QED) is 0.203. The number of benzene rings is 2. The molecule has 3 aromatic rings. The van der Waals surface area contributed by atoms with Crippen molar-refractivity contribution in [2.75, 3.05) is 19.6 Å². The van der Waals surface area contributed by atoms with Crippen LogP contribution >= 0.6 is 0 Å². The van der Waals surface area contributed by atoms with Crippen molar-refractivity contribution in [3.8, 4) is 0 Å². The Labute approximate surface area is 184 Å². The predicted molar refractivity (Wildman–Crippen MR) is 115 cm³/mol. The molecule has 8 heteroatoms. The van der Waals surface area contributed by atoms with Crippen LogP contribution in [0.5, 0.6) is 0 Å². The number of H-pyrrole nitrogens is 1. The number of likely N-dealkylation sites (N-methyl/N-ethyl adjacent to an activating group) is 1. The summed E-state index contributed by atoms with van der Waals surface area (Å²) in [6, 6.07) is 6.27. The summed E-state index contributed by atoms with van der Waals surface area (Å²) in [5.74, 6) is -7.76. The summed E-state index contributed by atoms with van der Waals surface area (Å²) >= 11 is 0. The number of aromatic amines is 1. The maximum Gasteiger partial charge on any atom is 0.341 e. The monoisotopic (exact) mass is 450 g/mol. The number of nitrogens with one attached hydrogen (secondary N) is 1. The van der Waals surface area contributed by atoms with Gasteiger partial charge in [-0.05, 0) is 57.1 Å². The highest BCUT2D eigenvalue weighted by molar-refractivity contribution is 6.05. The molecule has 0 saturated heterocycles. The number of ether oxygens (including phenoxy) is 1. The Morgan fingerprint density at radius 2 is 1.75 bits per heavy atom. The second-order valence-corrected chi connectivity index (χ2v) is 7.72. The van der Waals surface area contributed by atoms with Gasteiger partial charge in [0.1, 0.15) is 6.10 Å². The smallest absolute Gasteiger partial charge is 0.341 e. The molecule has 0 fully saturated rings. The molecule has 0 amide bonds. The van der Waals surface area contributed by atoms with Crippen LogP contribution in [0, 0.1) is 30.2 Å². The summed E-state index contributed by atoms with van der Waals surface area (Å²) in [5.41, 5.74) is 2.01. The van der Waals surface area contributed by atoms with Gasteiger partial charge in [-0.25, -0.2) is 22.4 Å². The zero-order chi connectivity index (χ0) is 23.6. The van der Waals surface area contributed by atoms with Gasteiger partial charge < -0.3 is 14.6 Å². The molecular weight excluding hydrogens is 424 g/mol. The molecule has 1 heterocycles. The number of aromatic nitrogens is 1. The van der Waals surface area contributed by atoms with E-state index >= 15 is 0 Å². The van der Waals surface area contributed by atoms with Crippen LogP contribution in [0.15, 0.2) is 24.3 Å². The molecule has 4 nitrogen and oxygen atoms in total. The third-order valence-electron chi connectivity index (χ3n) is 5.72. The van der Waals surface area contributed by atoms with E-state index in [2.05, 4.69) is 23.7 Å². The van der Waals surface area contributed by atoms with Crippen molar-refractivity contribution in [3.05, 3.63) is 69.9 Å². The first-order valence-electron chi connectivity index (χ1n) is 10.5. The largest absolute Gasteiger partial charge is 0.454 e. The average Bonchev–Trinajstić information content (AvgIpc) is 3.10. The van der Waals surface area contributed by atoms with Gasteiger partial charge in [-0.3, -0.25) is 0 Å². The lowest BCUT2D eigenvalue weighted by atomic mass is 10.1. The lowest BCUT2D eigenvalue weighted by Gasteiger charge is -2.17. The normalized spacial score (nSPS) is 12.5. The lowest BCUT2D eigenvalue weighted by molar-refractivity contribution is 0.0330. The molecule has 32 heavy (non-hydrogen) atoms. The highest BCUT2D eigenvalue weighted by Crippen LogP contribution is 2.29. The molecule has 0 spiro atoms. The van der Waals surface area contributed by atoms with Crippen molar-refractivity contribution in [3.63, 3.8) is 0 Å². The minimum Gasteiger partial charge on any atom is -0.454 e. The van der Waals surface area contributed by atoms with Crippen LogP contribution < -0.4 is 0 Å². The van der Waals surface area contributed by atoms with Crippen molar-refractivity contribution in [2.45, 2.75) is 40.2 Å². The van der Waals surface area contributed by atoms with Gasteiger partial charge in [-0.1, -0.05) is 19.9 Å². The number of rotatable bonds is 8. The van der Waals surface area contributed by atoms with Gasteiger partial charge >= 0.3 is 5.97 Å². The molecule has 0 aliphatic carbocycles. The SMILES string of the molecule is CCN(CC)CCc1ccc2[nH]c(C)c(C(=O)OC(C)c3cc(F)c(F)c(F)c3F)c2c1. The van der Waals surface area contributed by atoms with E-state index < -0.39 is 40.9 Å². The maximum absolute atomic E-state index is 14.1. The minimum absolute atomic E-state index is 0.264. The number of hydrogen-bond acceptors (Lipinski definition) is 3. The fourth-order valence-corrected chi connectivity index (χ4v) is 3.79. The molecule has 1 atom stereocenters. The Kier molecular flexibility index (Phi) is 7.23. The zero-order valence-corrected chi connectivity index (χ0v) is 18.5. The Morgan fingerprint density at radius 1 is 1.06 bits per heavy atom. The number of fused-ring (bicyclic) bond motifs is 1. The summed E-state index contributed by atoms with van der Waals surface area (Å²) in [6.45, 7) is 9.93. The van der Waals surface area contributed by atoms with E-state index in [1.165, 1.54) is 6.92 Å². The number of hydrogen-bond donors (Lipinski definition) is 1. The third-order valence-corrected chi connectivity index (χ3v) is 5.72. The molecule has 3 rings (SSSR count). The molecule has 0 bridgehead atoms. The lowest BCUT2D eigenvalue weighted by Crippen LogP contribution is -2.25. The van der Waals surface area contributed by atoms with E-state index in [0.29, 0.717) is 17.1 Å². The van der Waals surface area contributed by atoms with Crippen molar-refractivity contribution >= 4 is 16.9 Å². The summed E-state index contributed by atoms with van der Waals surface area (Å²) in [7, 11) is 0. The van der Waals surface area contributed by atoms with Crippen LogP contribution in [0.2, 0.25) is 0 Å². The minimum atomic E-state index is -1.94. The summed E-state index contributed by atoms with van der Waals surface area (Å²) in [5, 5.41) is 0.647. The van der Waals surface area contributed by atoms with Crippen LogP contribution in [0.1, 0.15) is 54.1 Å². The van der Waals surface area contributed by atoms with Crippen molar-refractivity contribution in [2.24, 2.45) is 0 Å². The number of aryl methyl sites for hydroxylation is 1. The molecule has 2 aromatic carbocycles. The second kappa shape index (κ2) is 9.73. The van der Waals surface area contributed by atoms with Crippen molar-refractivity contribution in [1.82, 2.24) is 9.88 Å². The van der Waals surface area contributed by atoms with Crippen LogP contribution in [0.4, 0.5) is 17.6 Å². The molecule has 0 aliphatic rings. The van der Waals surface area contributed by atoms with Crippen LogP contribution in [0.25, 0.3) is 10.9 Å². The molecule has 1 unspecified atom stereocenters. The predicted octanol–water partition coefficient (Wildman–Crippen LogP) is 5.84. The van der Waals surface area contributed by atoms with E-state index in [-0.39, 0.29) is 5.56 Å². The van der Waals surface area contributed by atoms with Crippen molar-refractivity contribution in [1.29, 1.82) is 0 Å². The first-order chi connectivity index (χ1) is 15.2. The summed E-state index contributed by atoms with van der Waals surface area (Å²) in [6.07, 6.45) is -0.534. The van der Waals surface area contributed by atoms with Crippen molar-refractivity contribution < 1.29 is 27.1 Å². The van der Waals surface area contributed by atoms with Gasteiger partial charge in [-0.2, -0.15) is 0 Å². The number of esters is 1. The first kappa shape index (κ1) is 23.8. The fourth-order valence-electron chi connectivity index (χ4n) is 3.79. The maximum atomic E-state index is 14.1. The van der Waals surface area contributed by atoms with Gasteiger partial charge in [-0.15, -0.1) is 0 Å².